The van der Waals surface area contributed by atoms with Gasteiger partial charge >= 0.3 is 6.03 Å². The Morgan fingerprint density at radius 1 is 1.32 bits per heavy atom. The van der Waals surface area contributed by atoms with Gasteiger partial charge in [-0.2, -0.15) is 0 Å². The highest BCUT2D eigenvalue weighted by Gasteiger charge is 2.18. The van der Waals surface area contributed by atoms with E-state index in [9.17, 15) is 4.79 Å². The Morgan fingerprint density at radius 2 is 1.89 bits per heavy atom. The lowest BCUT2D eigenvalue weighted by Crippen LogP contribution is -2.48. The summed E-state index contributed by atoms with van der Waals surface area (Å²) in [5.74, 6) is 0.716. The van der Waals surface area contributed by atoms with E-state index in [1.54, 1.807) is 31.4 Å². The molecule has 5 N–H and O–H groups in total. The number of rotatable bonds is 5. The number of hydrogen-bond acceptors (Lipinski definition) is 3. The van der Waals surface area contributed by atoms with Crippen LogP contribution in [-0.4, -0.2) is 25.0 Å². The highest BCUT2D eigenvalue weighted by atomic mass is 16.5. The first-order valence-corrected chi connectivity index (χ1v) is 5.99. The van der Waals surface area contributed by atoms with Crippen molar-refractivity contribution in [1.82, 2.24) is 5.32 Å². The van der Waals surface area contributed by atoms with Gasteiger partial charge < -0.3 is 21.1 Å². The zero-order chi connectivity index (χ0) is 14.4. The zero-order valence-corrected chi connectivity index (χ0v) is 11.4. The number of amidine groups is 1. The maximum absolute atomic E-state index is 11.8. The van der Waals surface area contributed by atoms with Gasteiger partial charge in [-0.1, -0.05) is 13.8 Å². The van der Waals surface area contributed by atoms with Crippen molar-refractivity contribution in [3.8, 4) is 5.75 Å². The number of methoxy groups -OCH3 is 1. The van der Waals surface area contributed by atoms with Crippen LogP contribution in [0, 0.1) is 11.3 Å². The Kier molecular flexibility index (Phi) is 5.17. The maximum Gasteiger partial charge on any atom is 0.319 e. The molecule has 0 aliphatic carbocycles. The van der Waals surface area contributed by atoms with Crippen molar-refractivity contribution in [2.45, 2.75) is 19.9 Å². The Balaban J connectivity index is 2.61. The Bertz CT molecular complexity index is 442. The SMILES string of the molecule is COc1ccc(NC(=O)NC(C(=N)N)C(C)C)cc1. The van der Waals surface area contributed by atoms with Gasteiger partial charge in [-0.15, -0.1) is 0 Å². The number of urea groups is 1. The largest absolute Gasteiger partial charge is 0.497 e. The van der Waals surface area contributed by atoms with E-state index < -0.39 is 6.04 Å². The summed E-state index contributed by atoms with van der Waals surface area (Å²) in [6.45, 7) is 3.78. The van der Waals surface area contributed by atoms with Gasteiger partial charge in [0.1, 0.15) is 11.6 Å². The fourth-order valence-corrected chi connectivity index (χ4v) is 1.59. The first-order valence-electron chi connectivity index (χ1n) is 5.99. The van der Waals surface area contributed by atoms with E-state index in [2.05, 4.69) is 10.6 Å². The monoisotopic (exact) mass is 264 g/mol. The summed E-state index contributed by atoms with van der Waals surface area (Å²) < 4.78 is 5.03. The van der Waals surface area contributed by atoms with Crippen LogP contribution in [0.3, 0.4) is 0 Å². The van der Waals surface area contributed by atoms with Crippen LogP contribution in [0.5, 0.6) is 5.75 Å². The molecule has 6 nitrogen and oxygen atoms in total. The van der Waals surface area contributed by atoms with Crippen molar-refractivity contribution in [2.75, 3.05) is 12.4 Å². The predicted molar refractivity (Wildman–Crippen MR) is 75.7 cm³/mol. The Labute approximate surface area is 112 Å². The summed E-state index contributed by atoms with van der Waals surface area (Å²) in [7, 11) is 1.58. The third kappa shape index (κ3) is 4.50. The molecule has 6 heteroatoms. The number of amides is 2. The van der Waals surface area contributed by atoms with Crippen LogP contribution in [0.2, 0.25) is 0 Å². The summed E-state index contributed by atoms with van der Waals surface area (Å²) in [5.41, 5.74) is 6.08. The first kappa shape index (κ1) is 14.8. The van der Waals surface area contributed by atoms with Gasteiger partial charge in [-0.3, -0.25) is 5.41 Å². The summed E-state index contributed by atoms with van der Waals surface area (Å²) in [4.78, 5) is 11.8. The van der Waals surface area contributed by atoms with E-state index in [0.717, 1.165) is 5.75 Å². The third-order valence-electron chi connectivity index (χ3n) is 2.64. The van der Waals surface area contributed by atoms with E-state index in [0.29, 0.717) is 5.69 Å². The molecule has 2 amide bonds. The van der Waals surface area contributed by atoms with Crippen LogP contribution in [0.4, 0.5) is 10.5 Å². The predicted octanol–water partition coefficient (Wildman–Crippen LogP) is 1.78. The molecular formula is C13H20N4O2. The molecular weight excluding hydrogens is 244 g/mol. The molecule has 0 radical (unpaired) electrons. The number of ether oxygens (including phenoxy) is 1. The fourth-order valence-electron chi connectivity index (χ4n) is 1.59. The minimum absolute atomic E-state index is 0.0547. The minimum Gasteiger partial charge on any atom is -0.497 e. The maximum atomic E-state index is 11.8. The fraction of sp³-hybridized carbons (Fsp3) is 0.385. The second-order valence-electron chi connectivity index (χ2n) is 4.50. The molecule has 1 unspecified atom stereocenters. The van der Waals surface area contributed by atoms with E-state index in [1.165, 1.54) is 0 Å². The molecule has 1 rings (SSSR count). The minimum atomic E-state index is -0.474. The average Bonchev–Trinajstić information content (AvgIpc) is 2.36. The van der Waals surface area contributed by atoms with Crippen molar-refractivity contribution >= 4 is 17.6 Å². The lowest BCUT2D eigenvalue weighted by atomic mass is 10.0. The topological polar surface area (TPSA) is 100 Å². The molecule has 0 spiro atoms. The van der Waals surface area contributed by atoms with E-state index in [-0.39, 0.29) is 17.8 Å². The molecule has 0 aromatic heterocycles. The van der Waals surface area contributed by atoms with Gasteiger partial charge in [0.05, 0.1) is 13.2 Å². The summed E-state index contributed by atoms with van der Waals surface area (Å²) in [6, 6.07) is 6.10. The summed E-state index contributed by atoms with van der Waals surface area (Å²) in [6.07, 6.45) is 0. The number of nitrogens with two attached hydrogens (primary N) is 1. The van der Waals surface area contributed by atoms with Crippen LogP contribution < -0.4 is 21.1 Å². The molecule has 1 aromatic carbocycles. The highest BCUT2D eigenvalue weighted by molar-refractivity contribution is 5.94. The van der Waals surface area contributed by atoms with Crippen LogP contribution in [-0.2, 0) is 0 Å². The summed E-state index contributed by atoms with van der Waals surface area (Å²) >= 11 is 0. The molecule has 1 aromatic rings. The summed E-state index contributed by atoms with van der Waals surface area (Å²) in [5, 5.41) is 12.8. The molecule has 0 aliphatic heterocycles. The lowest BCUT2D eigenvalue weighted by molar-refractivity contribution is 0.248. The van der Waals surface area contributed by atoms with Gasteiger partial charge in [-0.05, 0) is 30.2 Å². The second-order valence-corrected chi connectivity index (χ2v) is 4.50. The van der Waals surface area contributed by atoms with Gasteiger partial charge in [0.15, 0.2) is 0 Å². The van der Waals surface area contributed by atoms with Crippen molar-refractivity contribution in [2.24, 2.45) is 11.7 Å². The van der Waals surface area contributed by atoms with Crippen LogP contribution in [0.25, 0.3) is 0 Å². The molecule has 0 bridgehead atoms. The Morgan fingerprint density at radius 3 is 2.32 bits per heavy atom. The van der Waals surface area contributed by atoms with Crippen LogP contribution in [0.1, 0.15) is 13.8 Å². The van der Waals surface area contributed by atoms with E-state index in [4.69, 9.17) is 15.9 Å². The van der Waals surface area contributed by atoms with Crippen molar-refractivity contribution in [3.05, 3.63) is 24.3 Å². The number of anilines is 1. The number of carbonyl (C=O) groups excluding carboxylic acids is 1. The number of hydrogen-bond donors (Lipinski definition) is 4. The number of carbonyl (C=O) groups is 1. The van der Waals surface area contributed by atoms with Gasteiger partial charge in [0, 0.05) is 5.69 Å². The molecule has 0 saturated carbocycles. The lowest BCUT2D eigenvalue weighted by Gasteiger charge is -2.21. The third-order valence-corrected chi connectivity index (χ3v) is 2.64. The highest BCUT2D eigenvalue weighted by Crippen LogP contribution is 2.14. The normalized spacial score (nSPS) is 11.8. The number of nitrogens with one attached hydrogen (secondary N) is 3. The smallest absolute Gasteiger partial charge is 0.319 e. The zero-order valence-electron chi connectivity index (χ0n) is 11.4. The standard InChI is InChI=1S/C13H20N4O2/c1-8(2)11(12(14)15)17-13(18)16-9-4-6-10(19-3)7-5-9/h4-8,11H,1-3H3,(H3,14,15)(H2,16,17,18). The second kappa shape index (κ2) is 6.63. The molecule has 19 heavy (non-hydrogen) atoms. The Hall–Kier alpha value is -2.24. The molecule has 0 heterocycles. The van der Waals surface area contributed by atoms with E-state index >= 15 is 0 Å². The first-order chi connectivity index (χ1) is 8.93. The van der Waals surface area contributed by atoms with E-state index in [1.807, 2.05) is 13.8 Å². The average molecular weight is 264 g/mol. The molecule has 1 atom stereocenters. The van der Waals surface area contributed by atoms with Crippen molar-refractivity contribution in [3.63, 3.8) is 0 Å². The molecule has 0 aliphatic rings. The van der Waals surface area contributed by atoms with Crippen LogP contribution >= 0.6 is 0 Å². The molecule has 104 valence electrons. The van der Waals surface area contributed by atoms with Gasteiger partial charge in [0.25, 0.3) is 0 Å². The van der Waals surface area contributed by atoms with Crippen LogP contribution in [0.15, 0.2) is 24.3 Å². The number of benzene rings is 1. The quantitative estimate of drug-likeness (QED) is 0.481. The van der Waals surface area contributed by atoms with Gasteiger partial charge in [-0.25, -0.2) is 4.79 Å². The molecule has 0 fully saturated rings. The molecule has 0 saturated heterocycles. The van der Waals surface area contributed by atoms with Gasteiger partial charge in [0.2, 0.25) is 0 Å². The van der Waals surface area contributed by atoms with Crippen molar-refractivity contribution < 1.29 is 9.53 Å². The van der Waals surface area contributed by atoms with Crippen molar-refractivity contribution in [1.29, 1.82) is 5.41 Å².